The van der Waals surface area contributed by atoms with Crippen LogP contribution < -0.4 is 20.2 Å². The Kier molecular flexibility index (Phi) is 6.05. The van der Waals surface area contributed by atoms with Gasteiger partial charge in [-0.3, -0.25) is 4.79 Å². The standard InChI is InChI=1S/C17H19N3O5/c1-24-13-5-3-4-12(8-13)18-10-16(22)20-19-9-11-6-14(21)17(23)15(7-11)25-2/h3-9,18,21,23H,10H2,1-2H3,(H,20,22)/b19-9+. The smallest absolute Gasteiger partial charge is 0.259 e. The second-order valence-electron chi connectivity index (χ2n) is 4.97. The number of nitrogens with zero attached hydrogens (tertiary/aromatic N) is 1. The molecule has 0 aromatic heterocycles. The van der Waals surface area contributed by atoms with Gasteiger partial charge in [0, 0.05) is 17.3 Å². The lowest BCUT2D eigenvalue weighted by Gasteiger charge is -2.07. The van der Waals surface area contributed by atoms with Gasteiger partial charge < -0.3 is 25.0 Å². The summed E-state index contributed by atoms with van der Waals surface area (Å²) >= 11 is 0. The molecule has 0 bridgehead atoms. The quantitative estimate of drug-likeness (QED) is 0.345. The highest BCUT2D eigenvalue weighted by Gasteiger charge is 2.08. The van der Waals surface area contributed by atoms with E-state index in [0.717, 1.165) is 5.69 Å². The first-order chi connectivity index (χ1) is 12.0. The van der Waals surface area contributed by atoms with Gasteiger partial charge >= 0.3 is 0 Å². The number of amides is 1. The van der Waals surface area contributed by atoms with Crippen LogP contribution in [0.1, 0.15) is 5.56 Å². The molecule has 8 heteroatoms. The number of phenolic OH excluding ortho intramolecular Hbond substituents is 2. The van der Waals surface area contributed by atoms with Crippen LogP contribution in [0.5, 0.6) is 23.0 Å². The fraction of sp³-hybridized carbons (Fsp3) is 0.176. The predicted molar refractivity (Wildman–Crippen MR) is 93.5 cm³/mol. The zero-order chi connectivity index (χ0) is 18.2. The minimum Gasteiger partial charge on any atom is -0.504 e. The zero-order valence-electron chi connectivity index (χ0n) is 13.8. The minimum absolute atomic E-state index is 0.0225. The summed E-state index contributed by atoms with van der Waals surface area (Å²) in [6.45, 7) is 0.0225. The van der Waals surface area contributed by atoms with E-state index in [1.54, 1.807) is 19.2 Å². The maximum Gasteiger partial charge on any atom is 0.259 e. The number of hydrogen-bond acceptors (Lipinski definition) is 7. The van der Waals surface area contributed by atoms with E-state index in [4.69, 9.17) is 9.47 Å². The van der Waals surface area contributed by atoms with Gasteiger partial charge in [0.1, 0.15) is 5.75 Å². The number of aromatic hydroxyl groups is 2. The lowest BCUT2D eigenvalue weighted by Crippen LogP contribution is -2.25. The van der Waals surface area contributed by atoms with E-state index in [9.17, 15) is 15.0 Å². The fourth-order valence-electron chi connectivity index (χ4n) is 1.98. The van der Waals surface area contributed by atoms with Gasteiger partial charge in [0.2, 0.25) is 5.75 Å². The van der Waals surface area contributed by atoms with E-state index in [2.05, 4.69) is 15.8 Å². The monoisotopic (exact) mass is 345 g/mol. The second kappa shape index (κ2) is 8.44. The normalized spacial score (nSPS) is 10.5. The SMILES string of the molecule is COc1cccc(NCC(=O)N/N=C/c2cc(O)c(O)c(OC)c2)c1. The van der Waals surface area contributed by atoms with Gasteiger partial charge in [0.15, 0.2) is 11.5 Å². The molecule has 0 aliphatic heterocycles. The zero-order valence-corrected chi connectivity index (χ0v) is 13.8. The first-order valence-corrected chi connectivity index (χ1v) is 7.33. The van der Waals surface area contributed by atoms with E-state index >= 15 is 0 Å². The molecule has 0 fully saturated rings. The van der Waals surface area contributed by atoms with Crippen LogP contribution in [0.15, 0.2) is 41.5 Å². The molecule has 0 saturated carbocycles. The van der Waals surface area contributed by atoms with Crippen LogP contribution in [-0.2, 0) is 4.79 Å². The summed E-state index contributed by atoms with van der Waals surface area (Å²) in [5, 5.41) is 25.9. The van der Waals surface area contributed by atoms with Crippen molar-refractivity contribution in [2.75, 3.05) is 26.1 Å². The fourth-order valence-corrected chi connectivity index (χ4v) is 1.98. The van der Waals surface area contributed by atoms with Gasteiger partial charge in [0.05, 0.1) is 27.0 Å². The van der Waals surface area contributed by atoms with Crippen LogP contribution in [0.4, 0.5) is 5.69 Å². The van der Waals surface area contributed by atoms with Crippen molar-refractivity contribution >= 4 is 17.8 Å². The molecule has 25 heavy (non-hydrogen) atoms. The van der Waals surface area contributed by atoms with Gasteiger partial charge in [0.25, 0.3) is 5.91 Å². The van der Waals surface area contributed by atoms with Crippen LogP contribution in [0.3, 0.4) is 0 Å². The molecule has 0 radical (unpaired) electrons. The Morgan fingerprint density at radius 3 is 2.72 bits per heavy atom. The predicted octanol–water partition coefficient (Wildman–Crippen LogP) is 1.68. The third kappa shape index (κ3) is 5.03. The molecule has 8 nitrogen and oxygen atoms in total. The number of benzene rings is 2. The number of anilines is 1. The summed E-state index contributed by atoms with van der Waals surface area (Å²) < 4.78 is 10.0. The Balaban J connectivity index is 1.89. The lowest BCUT2D eigenvalue weighted by atomic mass is 10.2. The van der Waals surface area contributed by atoms with Gasteiger partial charge in [-0.25, -0.2) is 5.43 Å². The molecule has 2 aromatic rings. The number of carbonyl (C=O) groups excluding carboxylic acids is 1. The topological polar surface area (TPSA) is 112 Å². The molecule has 0 spiro atoms. The molecule has 132 valence electrons. The summed E-state index contributed by atoms with van der Waals surface area (Å²) in [4.78, 5) is 11.8. The molecule has 2 aromatic carbocycles. The van der Waals surface area contributed by atoms with Crippen molar-refractivity contribution in [1.29, 1.82) is 0 Å². The maximum atomic E-state index is 11.8. The van der Waals surface area contributed by atoms with Crippen LogP contribution in [0.2, 0.25) is 0 Å². The molecule has 0 heterocycles. The summed E-state index contributed by atoms with van der Waals surface area (Å²) in [5.74, 6) is -0.260. The number of methoxy groups -OCH3 is 2. The Morgan fingerprint density at radius 1 is 1.20 bits per heavy atom. The van der Waals surface area contributed by atoms with Crippen molar-refractivity contribution in [2.24, 2.45) is 5.10 Å². The van der Waals surface area contributed by atoms with E-state index in [-0.39, 0.29) is 29.7 Å². The summed E-state index contributed by atoms with van der Waals surface area (Å²) in [6, 6.07) is 9.95. The molecule has 0 unspecified atom stereocenters. The van der Waals surface area contributed by atoms with E-state index in [1.165, 1.54) is 25.5 Å². The highest BCUT2D eigenvalue weighted by molar-refractivity contribution is 5.85. The average Bonchev–Trinajstić information content (AvgIpc) is 2.63. The van der Waals surface area contributed by atoms with Crippen LogP contribution in [0.25, 0.3) is 0 Å². The first kappa shape index (κ1) is 17.9. The Hall–Kier alpha value is -3.42. The third-order valence-corrected chi connectivity index (χ3v) is 3.22. The van der Waals surface area contributed by atoms with E-state index < -0.39 is 0 Å². The molecule has 0 saturated heterocycles. The van der Waals surface area contributed by atoms with Crippen LogP contribution in [-0.4, -0.2) is 43.1 Å². The number of nitrogens with one attached hydrogen (secondary N) is 2. The van der Waals surface area contributed by atoms with Crippen molar-refractivity contribution < 1.29 is 24.5 Å². The number of phenols is 2. The number of carbonyl (C=O) groups is 1. The summed E-state index contributed by atoms with van der Waals surface area (Å²) in [6.07, 6.45) is 1.32. The van der Waals surface area contributed by atoms with Gasteiger partial charge in [-0.1, -0.05) is 6.07 Å². The minimum atomic E-state index is -0.355. The third-order valence-electron chi connectivity index (χ3n) is 3.22. The molecule has 4 N–H and O–H groups in total. The lowest BCUT2D eigenvalue weighted by molar-refractivity contribution is -0.119. The number of hydrazone groups is 1. The van der Waals surface area contributed by atoms with Crippen molar-refractivity contribution in [1.82, 2.24) is 5.43 Å². The van der Waals surface area contributed by atoms with E-state index in [1.807, 2.05) is 12.1 Å². The Bertz CT molecular complexity index is 777. The summed E-state index contributed by atoms with van der Waals surface area (Å²) in [7, 11) is 2.93. The maximum absolute atomic E-state index is 11.8. The largest absolute Gasteiger partial charge is 0.504 e. The van der Waals surface area contributed by atoms with E-state index in [0.29, 0.717) is 11.3 Å². The first-order valence-electron chi connectivity index (χ1n) is 7.33. The van der Waals surface area contributed by atoms with Crippen molar-refractivity contribution in [3.05, 3.63) is 42.0 Å². The number of hydrogen-bond donors (Lipinski definition) is 4. The highest BCUT2D eigenvalue weighted by atomic mass is 16.5. The number of ether oxygens (including phenoxy) is 2. The Morgan fingerprint density at radius 2 is 2.00 bits per heavy atom. The van der Waals surface area contributed by atoms with Crippen molar-refractivity contribution in [3.8, 4) is 23.0 Å². The van der Waals surface area contributed by atoms with Gasteiger partial charge in [-0.05, 0) is 24.3 Å². The highest BCUT2D eigenvalue weighted by Crippen LogP contribution is 2.35. The van der Waals surface area contributed by atoms with Crippen LogP contribution in [0, 0.1) is 0 Å². The molecule has 1 amide bonds. The average molecular weight is 345 g/mol. The van der Waals surface area contributed by atoms with Gasteiger partial charge in [-0.2, -0.15) is 5.10 Å². The van der Waals surface area contributed by atoms with Crippen molar-refractivity contribution in [3.63, 3.8) is 0 Å². The Labute approximate surface area is 144 Å². The number of rotatable bonds is 7. The molecule has 0 atom stereocenters. The second-order valence-corrected chi connectivity index (χ2v) is 4.97. The van der Waals surface area contributed by atoms with Gasteiger partial charge in [-0.15, -0.1) is 0 Å². The molecule has 0 aliphatic rings. The molecule has 2 rings (SSSR count). The molecular formula is C17H19N3O5. The van der Waals surface area contributed by atoms with Crippen LogP contribution >= 0.6 is 0 Å². The summed E-state index contributed by atoms with van der Waals surface area (Å²) in [5.41, 5.74) is 3.55. The molecular weight excluding hydrogens is 326 g/mol. The molecule has 0 aliphatic carbocycles. The van der Waals surface area contributed by atoms with Crippen molar-refractivity contribution in [2.45, 2.75) is 0 Å².